The largest absolute Gasteiger partial charge is 0.481 e. The Morgan fingerprint density at radius 2 is 1.18 bits per heavy atom. The van der Waals surface area contributed by atoms with Crippen LogP contribution in [0.3, 0.4) is 0 Å². The Hall–Kier alpha value is -2.10. The van der Waals surface area contributed by atoms with Crippen molar-refractivity contribution < 1.29 is 152 Å². The van der Waals surface area contributed by atoms with Crippen molar-refractivity contribution in [3.8, 4) is 0 Å². The molecule has 19 unspecified atom stereocenters. The van der Waals surface area contributed by atoms with Gasteiger partial charge in [0.15, 0.2) is 43.5 Å². The van der Waals surface area contributed by atoms with Crippen LogP contribution in [-0.4, -0.2) is 229 Å². The minimum atomic E-state index is -5.76. The molecule has 0 spiro atoms. The topological polar surface area (TPSA) is 515 Å². The van der Waals surface area contributed by atoms with Gasteiger partial charge in [-0.3, -0.25) is 23.0 Å². The first-order chi connectivity index (χ1) is 31.1. The number of aliphatic carboxylic acids is 2. The average Bonchev–Trinajstić information content (AvgIpc) is 3.20. The zero-order chi connectivity index (χ0) is 51.9. The molecule has 12 N–H and O–H groups in total. The summed E-state index contributed by atoms with van der Waals surface area (Å²) < 4.78 is 186. The number of carboxylic acids is 2. The fraction of sp³-hybridized carbons (Fsp3) is 0.935. The quantitative estimate of drug-likeness (QED) is 0.0207. The predicted octanol–water partition coefficient (Wildman–Crippen LogP) is -5.51. The molecule has 3 fully saturated rings. The minimum Gasteiger partial charge on any atom is -0.481 e. The lowest BCUT2D eigenvalue weighted by Gasteiger charge is -2.49. The predicted molar refractivity (Wildman–Crippen MR) is 208 cm³/mol. The van der Waals surface area contributed by atoms with Crippen LogP contribution in [-0.2, 0) is 101 Å². The lowest BCUT2D eigenvalue weighted by Crippen LogP contribution is -2.66. The summed E-state index contributed by atoms with van der Waals surface area (Å²) >= 11 is 0. The number of aliphatic hydroxyl groups excluding tert-OH is 6. The Balaban J connectivity index is 2.01. The van der Waals surface area contributed by atoms with Gasteiger partial charge in [-0.2, -0.15) is 33.7 Å². The summed E-state index contributed by atoms with van der Waals surface area (Å²) in [4.78, 5) is 24.5. The number of hydrogen-bond donors (Lipinski definition) is 12. The van der Waals surface area contributed by atoms with Crippen LogP contribution in [0.5, 0.6) is 0 Å². The van der Waals surface area contributed by atoms with Crippen LogP contribution in [0.15, 0.2) is 0 Å². The Bertz CT molecular complexity index is 2090. The van der Waals surface area contributed by atoms with Crippen LogP contribution < -0.4 is 0 Å². The third-order valence-electron chi connectivity index (χ3n) is 10.3. The number of carboxylic acid groups (broad SMARTS) is 2. The number of carbonyl (C=O) groups is 2. The molecule has 3 aliphatic heterocycles. The number of ether oxygens (including phenoxy) is 7. The zero-order valence-corrected chi connectivity index (χ0v) is 38.8. The fourth-order valence-corrected chi connectivity index (χ4v) is 8.48. The molecule has 3 saturated heterocycles. The highest BCUT2D eigenvalue weighted by Gasteiger charge is 2.57. The molecule has 0 aromatic carbocycles. The molecule has 33 nitrogen and oxygen atoms in total. The zero-order valence-electron chi connectivity index (χ0n) is 35.5. The van der Waals surface area contributed by atoms with Gasteiger partial charge in [-0.05, 0) is 6.42 Å². The van der Waals surface area contributed by atoms with Crippen molar-refractivity contribution in [1.29, 1.82) is 0 Å². The maximum absolute atomic E-state index is 12.6. The first kappa shape index (κ1) is 60.2. The molecule has 68 heavy (non-hydrogen) atoms. The minimum absolute atomic E-state index is 0.274. The van der Waals surface area contributed by atoms with E-state index in [1.54, 1.807) is 6.92 Å². The monoisotopic (exact) mass is 1080 g/mol. The van der Waals surface area contributed by atoms with E-state index < -0.39 is 190 Å². The molecule has 3 heterocycles. The molecule has 3 rings (SSSR count). The van der Waals surface area contributed by atoms with Crippen LogP contribution in [0.1, 0.15) is 46.5 Å². The van der Waals surface area contributed by atoms with Gasteiger partial charge in [0.25, 0.3) is 0 Å². The fourth-order valence-electron chi connectivity index (χ4n) is 6.89. The van der Waals surface area contributed by atoms with Gasteiger partial charge < -0.3 is 74.0 Å². The van der Waals surface area contributed by atoms with Gasteiger partial charge in [0.05, 0.1) is 37.9 Å². The maximum atomic E-state index is 12.6. The van der Waals surface area contributed by atoms with Crippen molar-refractivity contribution in [2.24, 2.45) is 11.8 Å². The van der Waals surface area contributed by atoms with E-state index in [0.717, 1.165) is 13.8 Å². The molecule has 0 radical (unpaired) electrons. The molecule has 400 valence electrons. The van der Waals surface area contributed by atoms with Crippen molar-refractivity contribution >= 4 is 53.5 Å². The Morgan fingerprint density at radius 3 is 1.69 bits per heavy atom. The first-order valence-corrected chi connectivity index (χ1v) is 25.2. The second-order valence-corrected chi connectivity index (χ2v) is 19.6. The molecule has 0 saturated carbocycles. The van der Waals surface area contributed by atoms with E-state index in [1.807, 2.05) is 0 Å². The normalized spacial score (nSPS) is 35.0. The number of aliphatic hydroxyl groups is 6. The number of rotatable bonds is 27. The Kier molecular flexibility index (Phi) is 22.2. The van der Waals surface area contributed by atoms with Gasteiger partial charge in [0.1, 0.15) is 42.7 Å². The molecule has 0 amide bonds. The number of unbranched alkanes of at least 4 members (excludes halogenated alkanes) is 2. The summed E-state index contributed by atoms with van der Waals surface area (Å²) in [5.41, 5.74) is 0. The second-order valence-electron chi connectivity index (χ2n) is 15.4. The Labute approximate surface area is 387 Å². The molecular formula is C31H54O33S4. The van der Waals surface area contributed by atoms with E-state index in [4.69, 9.17) is 37.7 Å². The lowest BCUT2D eigenvalue weighted by molar-refractivity contribution is -0.368. The van der Waals surface area contributed by atoms with E-state index in [2.05, 4.69) is 16.7 Å². The van der Waals surface area contributed by atoms with Crippen LogP contribution in [0.25, 0.3) is 0 Å². The average molecular weight is 1080 g/mol. The summed E-state index contributed by atoms with van der Waals surface area (Å²) in [5, 5.41) is 85.6. The van der Waals surface area contributed by atoms with Crippen LogP contribution in [0.2, 0.25) is 0 Å². The van der Waals surface area contributed by atoms with Gasteiger partial charge in [-0.1, -0.05) is 33.6 Å². The third kappa shape index (κ3) is 18.2. The molecule has 0 aromatic rings. The highest BCUT2D eigenvalue weighted by molar-refractivity contribution is 7.81. The summed E-state index contributed by atoms with van der Waals surface area (Å²) in [7, 11) is -21.9. The molecule has 0 aliphatic carbocycles. The standard InChI is InChI=1S/C31H54O33S4/c1-4-5-6-7-54-28(41)24(63-67(48,49)50)20(37)13(8-16(32)33)57-29-12(3)18(35)22(15(59-29)10-56-66(45,46)47)60-31-25(64-68(51,52)53)21(38)23(26(62-31)27(39)40)61-30-11(2)17(34)19(36)14(58-30)9-55-65(42,43)44/h11-15,17-26,28-31,34-38,41H,4-10H2,1-3H3,(H,32,33)(H,39,40)(H,42,43,44)(H,45,46,47)(H,48,49,50)(H,51,52,53). The van der Waals surface area contributed by atoms with Crippen molar-refractivity contribution in [1.82, 2.24) is 0 Å². The summed E-state index contributed by atoms with van der Waals surface area (Å²) in [6.07, 6.45) is -39.1. The van der Waals surface area contributed by atoms with E-state index in [9.17, 15) is 97.8 Å². The molecule has 0 bridgehead atoms. The van der Waals surface area contributed by atoms with Crippen LogP contribution in [0.4, 0.5) is 0 Å². The second kappa shape index (κ2) is 25.0. The van der Waals surface area contributed by atoms with Gasteiger partial charge in [-0.25, -0.2) is 21.5 Å². The smallest absolute Gasteiger partial charge is 0.397 e. The van der Waals surface area contributed by atoms with Crippen LogP contribution in [0, 0.1) is 11.8 Å². The molecular weight excluding hydrogens is 1030 g/mol. The van der Waals surface area contributed by atoms with Crippen molar-refractivity contribution in [2.75, 3.05) is 19.8 Å². The summed E-state index contributed by atoms with van der Waals surface area (Å²) in [6, 6.07) is 0. The Morgan fingerprint density at radius 1 is 0.632 bits per heavy atom. The van der Waals surface area contributed by atoms with E-state index in [1.165, 1.54) is 0 Å². The SMILES string of the molecule is CCCCCOC(O)C(OS(=O)(=O)O)C(O)C(CC(=O)O)OC1OC(COS(=O)(=O)O)C(OC2OC(C(=O)O)C(OC3OC(COS(=O)(=O)O)C(O)C(O)C3C)C(O)C2OS(=O)(=O)O)C(O)C1C. The highest BCUT2D eigenvalue weighted by atomic mass is 32.3. The molecule has 0 aromatic heterocycles. The van der Waals surface area contributed by atoms with Gasteiger partial charge >= 0.3 is 53.5 Å². The van der Waals surface area contributed by atoms with E-state index in [-0.39, 0.29) is 13.0 Å². The van der Waals surface area contributed by atoms with Crippen molar-refractivity contribution in [3.63, 3.8) is 0 Å². The van der Waals surface area contributed by atoms with Crippen molar-refractivity contribution in [2.45, 2.75) is 151 Å². The molecule has 19 atom stereocenters. The van der Waals surface area contributed by atoms with Gasteiger partial charge in [0.2, 0.25) is 0 Å². The van der Waals surface area contributed by atoms with E-state index in [0.29, 0.717) is 12.8 Å². The first-order valence-electron chi connectivity index (χ1n) is 19.8. The maximum Gasteiger partial charge on any atom is 0.397 e. The molecule has 37 heteroatoms. The van der Waals surface area contributed by atoms with Gasteiger partial charge in [-0.15, -0.1) is 0 Å². The van der Waals surface area contributed by atoms with Crippen molar-refractivity contribution in [3.05, 3.63) is 0 Å². The summed E-state index contributed by atoms with van der Waals surface area (Å²) in [6.45, 7) is 1.06. The molecule has 3 aliphatic rings. The van der Waals surface area contributed by atoms with E-state index >= 15 is 0 Å². The van der Waals surface area contributed by atoms with Gasteiger partial charge in [0, 0.05) is 18.4 Å². The highest BCUT2D eigenvalue weighted by Crippen LogP contribution is 2.37. The van der Waals surface area contributed by atoms with Crippen LogP contribution >= 0.6 is 0 Å². The third-order valence-corrected chi connectivity index (χ3v) is 12.1. The summed E-state index contributed by atoms with van der Waals surface area (Å²) in [5.74, 6) is -6.92. The lowest BCUT2D eigenvalue weighted by atomic mass is 9.91. The number of hydrogen-bond acceptors (Lipinski definition) is 27.